The molecule has 2 aliphatic heterocycles. The first-order chi connectivity index (χ1) is 10.9. The Morgan fingerprint density at radius 3 is 2.78 bits per heavy atom. The van der Waals surface area contributed by atoms with Gasteiger partial charge in [-0.2, -0.15) is 0 Å². The van der Waals surface area contributed by atoms with Crippen molar-refractivity contribution in [2.45, 2.75) is 38.9 Å². The first-order valence-electron chi connectivity index (χ1n) is 7.97. The molecule has 1 saturated heterocycles. The Morgan fingerprint density at radius 2 is 2.22 bits per heavy atom. The van der Waals surface area contributed by atoms with E-state index in [2.05, 4.69) is 12.1 Å². The van der Waals surface area contributed by atoms with E-state index in [0.29, 0.717) is 13.1 Å². The molecule has 1 N–H and O–H groups in total. The summed E-state index contributed by atoms with van der Waals surface area (Å²) in [5.74, 6) is 0. The van der Waals surface area contributed by atoms with Crippen LogP contribution in [0.15, 0.2) is 30.3 Å². The fraction of sp³-hybridized carbons (Fsp3) is 0.471. The van der Waals surface area contributed by atoms with E-state index < -0.39 is 6.09 Å². The van der Waals surface area contributed by atoms with Crippen molar-refractivity contribution in [3.8, 4) is 0 Å². The first-order valence-corrected chi connectivity index (χ1v) is 7.97. The highest BCUT2D eigenvalue weighted by Gasteiger charge is 2.43. The van der Waals surface area contributed by atoms with Crippen LogP contribution in [-0.4, -0.2) is 48.0 Å². The van der Waals surface area contributed by atoms with Gasteiger partial charge in [-0.3, -0.25) is 0 Å². The van der Waals surface area contributed by atoms with E-state index in [0.717, 1.165) is 17.4 Å². The molecule has 1 unspecified atom stereocenters. The molecule has 0 radical (unpaired) electrons. The van der Waals surface area contributed by atoms with Crippen molar-refractivity contribution in [1.82, 2.24) is 4.90 Å². The van der Waals surface area contributed by atoms with Crippen LogP contribution in [-0.2, 0) is 9.31 Å². The Kier molecular flexibility index (Phi) is 4.21. The van der Waals surface area contributed by atoms with Gasteiger partial charge >= 0.3 is 13.2 Å². The zero-order valence-electron chi connectivity index (χ0n) is 13.8. The minimum absolute atomic E-state index is 0.0363. The zero-order valence-corrected chi connectivity index (χ0v) is 13.8. The molecule has 6 heteroatoms. The lowest BCUT2D eigenvalue weighted by atomic mass is 9.77. The zero-order chi connectivity index (χ0) is 16.6. The number of nitrogens with zero attached hydrogens (tertiary/aromatic N) is 1. The van der Waals surface area contributed by atoms with Crippen molar-refractivity contribution in [2.24, 2.45) is 0 Å². The molecule has 0 saturated carbocycles. The maximum absolute atomic E-state index is 11.0. The molecule has 122 valence electrons. The maximum Gasteiger partial charge on any atom is 0.494 e. The standard InChI is InChI=1S/C17H22BNO4/c1-12-17(2,3)23-18(22-12)15-6-4-5-14(11-15)13-7-9-19(10-8-13)16(20)21/h4-7,11-12H,8-10H2,1-3H3,(H,20,21). The van der Waals surface area contributed by atoms with Crippen molar-refractivity contribution in [2.75, 3.05) is 13.1 Å². The molecule has 1 fully saturated rings. The van der Waals surface area contributed by atoms with Crippen LogP contribution in [0.25, 0.3) is 5.57 Å². The van der Waals surface area contributed by atoms with Crippen molar-refractivity contribution < 1.29 is 19.2 Å². The summed E-state index contributed by atoms with van der Waals surface area (Å²) in [7, 11) is -0.348. The molecule has 1 aromatic rings. The van der Waals surface area contributed by atoms with Crippen LogP contribution in [0, 0.1) is 0 Å². The van der Waals surface area contributed by atoms with Gasteiger partial charge in [0.05, 0.1) is 11.7 Å². The smallest absolute Gasteiger partial charge is 0.465 e. The van der Waals surface area contributed by atoms with E-state index >= 15 is 0 Å². The van der Waals surface area contributed by atoms with E-state index in [-0.39, 0.29) is 18.8 Å². The van der Waals surface area contributed by atoms with Crippen LogP contribution in [0.3, 0.4) is 0 Å². The molecule has 23 heavy (non-hydrogen) atoms. The third-order valence-corrected chi connectivity index (χ3v) is 4.73. The molecule has 1 aromatic carbocycles. The van der Waals surface area contributed by atoms with Crippen molar-refractivity contribution in [1.29, 1.82) is 0 Å². The third-order valence-electron chi connectivity index (χ3n) is 4.73. The summed E-state index contributed by atoms with van der Waals surface area (Å²) in [5.41, 5.74) is 2.99. The third kappa shape index (κ3) is 3.28. The molecule has 2 aliphatic rings. The molecule has 0 spiro atoms. The fourth-order valence-electron chi connectivity index (χ4n) is 2.89. The van der Waals surface area contributed by atoms with Crippen LogP contribution in [0.5, 0.6) is 0 Å². The van der Waals surface area contributed by atoms with Gasteiger partial charge in [0, 0.05) is 13.1 Å². The van der Waals surface area contributed by atoms with E-state index in [9.17, 15) is 4.79 Å². The highest BCUT2D eigenvalue weighted by atomic mass is 16.7. The Hall–Kier alpha value is -1.79. The van der Waals surface area contributed by atoms with Gasteiger partial charge in [-0.05, 0) is 43.8 Å². The van der Waals surface area contributed by atoms with E-state index in [1.807, 2.05) is 39.0 Å². The largest absolute Gasteiger partial charge is 0.494 e. The molecule has 1 atom stereocenters. The van der Waals surface area contributed by atoms with Crippen LogP contribution in [0.2, 0.25) is 0 Å². The number of hydrogen-bond acceptors (Lipinski definition) is 3. The number of carbonyl (C=O) groups is 1. The average molecular weight is 315 g/mol. The Labute approximate surface area is 137 Å². The Bertz CT molecular complexity index is 643. The summed E-state index contributed by atoms with van der Waals surface area (Å²) >= 11 is 0. The number of hydrogen-bond donors (Lipinski definition) is 1. The second-order valence-electron chi connectivity index (χ2n) is 6.66. The lowest BCUT2D eigenvalue weighted by Gasteiger charge is -2.24. The van der Waals surface area contributed by atoms with Crippen LogP contribution in [0.4, 0.5) is 4.79 Å². The quantitative estimate of drug-likeness (QED) is 0.851. The van der Waals surface area contributed by atoms with Gasteiger partial charge in [-0.1, -0.05) is 30.3 Å². The van der Waals surface area contributed by atoms with Crippen LogP contribution < -0.4 is 5.46 Å². The molecular formula is C17H22BNO4. The van der Waals surface area contributed by atoms with Crippen molar-refractivity contribution >= 4 is 24.2 Å². The molecule has 1 amide bonds. The monoisotopic (exact) mass is 315 g/mol. The molecule has 3 rings (SSSR count). The number of amides is 1. The number of benzene rings is 1. The minimum atomic E-state index is -0.863. The summed E-state index contributed by atoms with van der Waals surface area (Å²) in [6, 6.07) is 8.14. The lowest BCUT2D eigenvalue weighted by Crippen LogP contribution is -2.35. The molecule has 0 aromatic heterocycles. The van der Waals surface area contributed by atoms with Crippen molar-refractivity contribution in [3.05, 3.63) is 35.9 Å². The predicted octanol–water partition coefficient (Wildman–Crippen LogP) is 2.36. The van der Waals surface area contributed by atoms with Gasteiger partial charge in [-0.15, -0.1) is 0 Å². The molecule has 0 bridgehead atoms. The van der Waals surface area contributed by atoms with E-state index in [1.165, 1.54) is 10.5 Å². The molecular weight excluding hydrogens is 293 g/mol. The van der Waals surface area contributed by atoms with E-state index in [4.69, 9.17) is 14.4 Å². The highest BCUT2D eigenvalue weighted by molar-refractivity contribution is 6.62. The van der Waals surface area contributed by atoms with Gasteiger partial charge in [0.2, 0.25) is 0 Å². The Balaban J connectivity index is 1.78. The van der Waals surface area contributed by atoms with Gasteiger partial charge in [0.15, 0.2) is 0 Å². The van der Waals surface area contributed by atoms with Crippen LogP contribution >= 0.6 is 0 Å². The normalized spacial score (nSPS) is 23.8. The van der Waals surface area contributed by atoms with Gasteiger partial charge in [0.1, 0.15) is 0 Å². The molecule has 2 heterocycles. The fourth-order valence-corrected chi connectivity index (χ4v) is 2.89. The van der Waals surface area contributed by atoms with E-state index in [1.54, 1.807) is 0 Å². The second-order valence-corrected chi connectivity index (χ2v) is 6.66. The second kappa shape index (κ2) is 6.02. The van der Waals surface area contributed by atoms with Crippen LogP contribution in [0.1, 0.15) is 32.8 Å². The summed E-state index contributed by atoms with van der Waals surface area (Å²) in [4.78, 5) is 12.4. The number of carboxylic acid groups (broad SMARTS) is 1. The SMILES string of the molecule is CC1OB(c2cccc(C3=CCN(C(=O)O)CC3)c2)OC1(C)C. The first kappa shape index (κ1) is 16.1. The lowest BCUT2D eigenvalue weighted by molar-refractivity contribution is 0.0842. The minimum Gasteiger partial charge on any atom is -0.465 e. The highest BCUT2D eigenvalue weighted by Crippen LogP contribution is 2.27. The predicted molar refractivity (Wildman–Crippen MR) is 89.7 cm³/mol. The summed E-state index contributed by atoms with van der Waals surface area (Å²) in [6.07, 6.45) is 1.89. The molecule has 0 aliphatic carbocycles. The Morgan fingerprint density at radius 1 is 1.43 bits per heavy atom. The average Bonchev–Trinajstić information content (AvgIpc) is 2.81. The summed E-state index contributed by atoms with van der Waals surface area (Å²) in [5, 5.41) is 9.02. The topological polar surface area (TPSA) is 59.0 Å². The number of rotatable bonds is 2. The molecule has 5 nitrogen and oxygen atoms in total. The van der Waals surface area contributed by atoms with Gasteiger partial charge in [-0.25, -0.2) is 4.79 Å². The maximum atomic E-state index is 11.0. The van der Waals surface area contributed by atoms with Gasteiger partial charge < -0.3 is 19.3 Å². The summed E-state index contributed by atoms with van der Waals surface area (Å²) in [6.45, 7) is 7.06. The van der Waals surface area contributed by atoms with Crippen molar-refractivity contribution in [3.63, 3.8) is 0 Å². The van der Waals surface area contributed by atoms with Gasteiger partial charge in [0.25, 0.3) is 0 Å². The summed E-state index contributed by atoms with van der Waals surface area (Å²) < 4.78 is 11.9.